The molecule has 4 nitrogen and oxygen atoms in total. The molecule has 0 bridgehead atoms. The molecule has 0 atom stereocenters. The summed E-state index contributed by atoms with van der Waals surface area (Å²) in [5.74, 6) is 1.27. The van der Waals surface area contributed by atoms with Gasteiger partial charge >= 0.3 is 0 Å². The molecule has 118 valence electrons. The number of piperidine rings is 1. The molecule has 0 radical (unpaired) electrons. The number of hydrogen-bond acceptors (Lipinski definition) is 3. The summed E-state index contributed by atoms with van der Waals surface area (Å²) in [6.07, 6.45) is 3.72. The maximum absolute atomic E-state index is 4.89. The first-order valence-electron chi connectivity index (χ1n) is 8.59. The van der Waals surface area contributed by atoms with E-state index in [4.69, 9.17) is 4.98 Å². The van der Waals surface area contributed by atoms with Crippen molar-refractivity contribution in [3.05, 3.63) is 29.6 Å². The molecule has 2 aliphatic heterocycles. The number of benzene rings is 1. The molecule has 22 heavy (non-hydrogen) atoms. The number of fused-ring (bicyclic) bond motifs is 3. The van der Waals surface area contributed by atoms with Gasteiger partial charge in [0.2, 0.25) is 0 Å². The molecular weight excluding hydrogens is 272 g/mol. The van der Waals surface area contributed by atoms with Crippen molar-refractivity contribution in [2.24, 2.45) is 0 Å². The Hall–Kier alpha value is -1.39. The molecular formula is C18H26N4. The molecule has 2 aliphatic rings. The van der Waals surface area contributed by atoms with Gasteiger partial charge in [0.25, 0.3) is 0 Å². The molecule has 4 heteroatoms. The van der Waals surface area contributed by atoms with E-state index in [1.165, 1.54) is 54.9 Å². The molecule has 1 aromatic heterocycles. The number of aryl methyl sites for hydroxylation is 1. The van der Waals surface area contributed by atoms with Gasteiger partial charge in [-0.1, -0.05) is 6.07 Å². The maximum atomic E-state index is 4.89. The van der Waals surface area contributed by atoms with Gasteiger partial charge in [0, 0.05) is 32.1 Å². The first-order valence-corrected chi connectivity index (χ1v) is 8.59. The van der Waals surface area contributed by atoms with Crippen LogP contribution in [0.1, 0.15) is 24.2 Å². The van der Waals surface area contributed by atoms with Crippen molar-refractivity contribution >= 4 is 11.0 Å². The number of aromatic nitrogens is 2. The molecule has 0 amide bonds. The summed E-state index contributed by atoms with van der Waals surface area (Å²) in [7, 11) is 2.24. The average Bonchev–Trinajstić information content (AvgIpc) is 2.72. The number of imidazole rings is 1. The summed E-state index contributed by atoms with van der Waals surface area (Å²) in [6, 6.07) is 7.43. The predicted octanol–water partition coefficient (Wildman–Crippen LogP) is 2.30. The van der Waals surface area contributed by atoms with Gasteiger partial charge in [-0.05, 0) is 57.6 Å². The molecule has 0 aliphatic carbocycles. The largest absolute Gasteiger partial charge is 0.327 e. The van der Waals surface area contributed by atoms with Crippen LogP contribution >= 0.6 is 0 Å². The minimum absolute atomic E-state index is 0.773. The third-order valence-electron chi connectivity index (χ3n) is 5.42. The summed E-state index contributed by atoms with van der Waals surface area (Å²) in [5, 5.41) is 0. The SMILES string of the molecule is Cc1ccc2c(c1)nc1n2CCN(C2CCN(C)CC2)CC1. The van der Waals surface area contributed by atoms with Gasteiger partial charge in [0.15, 0.2) is 0 Å². The smallest absolute Gasteiger partial charge is 0.111 e. The third-order valence-corrected chi connectivity index (χ3v) is 5.42. The topological polar surface area (TPSA) is 24.3 Å². The van der Waals surface area contributed by atoms with E-state index in [-0.39, 0.29) is 0 Å². The lowest BCUT2D eigenvalue weighted by Gasteiger charge is -2.36. The Morgan fingerprint density at radius 1 is 1.05 bits per heavy atom. The number of nitrogens with zero attached hydrogens (tertiary/aromatic N) is 4. The van der Waals surface area contributed by atoms with Crippen molar-refractivity contribution < 1.29 is 0 Å². The zero-order valence-corrected chi connectivity index (χ0v) is 13.8. The standard InChI is InChI=1S/C18H26N4/c1-14-3-4-17-16(13-14)19-18-7-10-21(11-12-22(17)18)15-5-8-20(2)9-6-15/h3-4,13,15H,5-12H2,1-2H3. The third kappa shape index (κ3) is 2.55. The van der Waals surface area contributed by atoms with Crippen LogP contribution in [0.15, 0.2) is 18.2 Å². The van der Waals surface area contributed by atoms with E-state index in [2.05, 4.69) is 46.5 Å². The van der Waals surface area contributed by atoms with Gasteiger partial charge < -0.3 is 9.47 Å². The van der Waals surface area contributed by atoms with Crippen LogP contribution in [0.4, 0.5) is 0 Å². The fraction of sp³-hybridized carbons (Fsp3) is 0.611. The monoisotopic (exact) mass is 298 g/mol. The van der Waals surface area contributed by atoms with E-state index in [9.17, 15) is 0 Å². The van der Waals surface area contributed by atoms with Crippen LogP contribution in [0.5, 0.6) is 0 Å². The summed E-state index contributed by atoms with van der Waals surface area (Å²) >= 11 is 0. The van der Waals surface area contributed by atoms with E-state index in [1.807, 2.05) is 0 Å². The zero-order chi connectivity index (χ0) is 15.1. The Kier molecular flexibility index (Phi) is 3.66. The van der Waals surface area contributed by atoms with Crippen LogP contribution in [0.3, 0.4) is 0 Å². The van der Waals surface area contributed by atoms with E-state index >= 15 is 0 Å². The molecule has 0 saturated carbocycles. The van der Waals surface area contributed by atoms with Gasteiger partial charge in [-0.15, -0.1) is 0 Å². The zero-order valence-electron chi connectivity index (χ0n) is 13.8. The highest BCUT2D eigenvalue weighted by Gasteiger charge is 2.25. The fourth-order valence-electron chi connectivity index (χ4n) is 4.04. The Morgan fingerprint density at radius 3 is 2.68 bits per heavy atom. The van der Waals surface area contributed by atoms with Crippen molar-refractivity contribution in [3.8, 4) is 0 Å². The molecule has 1 aromatic carbocycles. The lowest BCUT2D eigenvalue weighted by Crippen LogP contribution is -2.44. The van der Waals surface area contributed by atoms with Crippen LogP contribution in [0.2, 0.25) is 0 Å². The van der Waals surface area contributed by atoms with Gasteiger partial charge in [-0.25, -0.2) is 4.98 Å². The van der Waals surface area contributed by atoms with Crippen LogP contribution in [0, 0.1) is 6.92 Å². The summed E-state index contributed by atoms with van der Waals surface area (Å²) < 4.78 is 2.45. The average molecular weight is 298 g/mol. The van der Waals surface area contributed by atoms with E-state index in [0.717, 1.165) is 25.6 Å². The van der Waals surface area contributed by atoms with E-state index < -0.39 is 0 Å². The highest BCUT2D eigenvalue weighted by atomic mass is 15.2. The Bertz CT molecular complexity index is 667. The number of likely N-dealkylation sites (tertiary alicyclic amines) is 1. The normalized spacial score (nSPS) is 21.9. The highest BCUT2D eigenvalue weighted by Crippen LogP contribution is 2.23. The van der Waals surface area contributed by atoms with Crippen LogP contribution in [-0.4, -0.2) is 58.6 Å². The molecule has 0 N–H and O–H groups in total. The van der Waals surface area contributed by atoms with Gasteiger partial charge in [0.1, 0.15) is 5.82 Å². The minimum atomic E-state index is 0.773. The second kappa shape index (κ2) is 5.67. The number of rotatable bonds is 1. The van der Waals surface area contributed by atoms with Crippen LogP contribution < -0.4 is 0 Å². The Labute approximate surface area is 132 Å². The first kappa shape index (κ1) is 14.2. The van der Waals surface area contributed by atoms with Crippen molar-refractivity contribution in [2.75, 3.05) is 33.2 Å². The van der Waals surface area contributed by atoms with Gasteiger partial charge in [0.05, 0.1) is 11.0 Å². The molecule has 4 rings (SSSR count). The lowest BCUT2D eigenvalue weighted by atomic mass is 10.0. The maximum Gasteiger partial charge on any atom is 0.111 e. The van der Waals surface area contributed by atoms with Crippen LogP contribution in [0.25, 0.3) is 11.0 Å². The lowest BCUT2D eigenvalue weighted by molar-refractivity contribution is 0.123. The van der Waals surface area contributed by atoms with Crippen LogP contribution in [-0.2, 0) is 13.0 Å². The molecule has 1 fully saturated rings. The molecule has 0 spiro atoms. The van der Waals surface area contributed by atoms with Gasteiger partial charge in [-0.2, -0.15) is 0 Å². The van der Waals surface area contributed by atoms with E-state index in [0.29, 0.717) is 0 Å². The summed E-state index contributed by atoms with van der Waals surface area (Å²) in [6.45, 7) is 8.05. The van der Waals surface area contributed by atoms with Gasteiger partial charge in [-0.3, -0.25) is 4.90 Å². The predicted molar refractivity (Wildman–Crippen MR) is 90.3 cm³/mol. The van der Waals surface area contributed by atoms with Crippen molar-refractivity contribution in [1.82, 2.24) is 19.4 Å². The second-order valence-electron chi connectivity index (χ2n) is 6.99. The van der Waals surface area contributed by atoms with Crippen molar-refractivity contribution in [2.45, 2.75) is 38.8 Å². The molecule has 3 heterocycles. The molecule has 1 saturated heterocycles. The fourth-order valence-corrected chi connectivity index (χ4v) is 4.04. The van der Waals surface area contributed by atoms with E-state index in [1.54, 1.807) is 0 Å². The second-order valence-corrected chi connectivity index (χ2v) is 6.99. The number of hydrogen-bond donors (Lipinski definition) is 0. The Balaban J connectivity index is 1.53. The minimum Gasteiger partial charge on any atom is -0.327 e. The van der Waals surface area contributed by atoms with Crippen molar-refractivity contribution in [3.63, 3.8) is 0 Å². The first-order chi connectivity index (χ1) is 10.7. The molecule has 2 aromatic rings. The Morgan fingerprint density at radius 2 is 1.86 bits per heavy atom. The summed E-state index contributed by atoms with van der Waals surface area (Å²) in [4.78, 5) is 10.1. The van der Waals surface area contributed by atoms with Crippen molar-refractivity contribution in [1.29, 1.82) is 0 Å². The highest BCUT2D eigenvalue weighted by molar-refractivity contribution is 5.76. The molecule has 0 unspecified atom stereocenters. The quantitative estimate of drug-likeness (QED) is 0.807. The summed E-state index contributed by atoms with van der Waals surface area (Å²) in [5.41, 5.74) is 3.78.